The molecule has 2 aromatic rings. The highest BCUT2D eigenvalue weighted by Gasteiger charge is 2.07. The molecule has 0 spiro atoms. The van der Waals surface area contributed by atoms with E-state index < -0.39 is 5.97 Å². The van der Waals surface area contributed by atoms with Crippen LogP contribution in [0.4, 0.5) is 0 Å². The second-order valence-corrected chi connectivity index (χ2v) is 3.93. The summed E-state index contributed by atoms with van der Waals surface area (Å²) >= 11 is 5.90. The Hall–Kier alpha value is -1.88. The summed E-state index contributed by atoms with van der Waals surface area (Å²) in [5.74, 6) is -0.955. The van der Waals surface area contributed by atoms with Crippen molar-refractivity contribution in [2.24, 2.45) is 0 Å². The largest absolute Gasteiger partial charge is 0.481 e. The second kappa shape index (κ2) is 4.55. The number of halogens is 1. The summed E-state index contributed by atoms with van der Waals surface area (Å²) in [5, 5.41) is 9.37. The Morgan fingerprint density at radius 1 is 1.47 bits per heavy atom. The van der Waals surface area contributed by atoms with E-state index in [0.29, 0.717) is 15.9 Å². The van der Waals surface area contributed by atoms with Crippen LogP contribution in [0, 0.1) is 0 Å². The van der Waals surface area contributed by atoms with Gasteiger partial charge in [0.25, 0.3) is 5.56 Å². The van der Waals surface area contributed by atoms with E-state index in [1.165, 1.54) is 10.9 Å². The first kappa shape index (κ1) is 11.6. The molecule has 0 amide bonds. The van der Waals surface area contributed by atoms with Gasteiger partial charge in [0.2, 0.25) is 0 Å². The number of carboxylic acids is 1. The van der Waals surface area contributed by atoms with Gasteiger partial charge in [0.05, 0.1) is 28.7 Å². The van der Waals surface area contributed by atoms with Gasteiger partial charge >= 0.3 is 5.97 Å². The van der Waals surface area contributed by atoms with Crippen molar-refractivity contribution in [1.29, 1.82) is 0 Å². The Morgan fingerprint density at radius 3 is 2.94 bits per heavy atom. The third-order valence-electron chi connectivity index (χ3n) is 2.37. The molecular weight excluding hydrogens is 244 g/mol. The van der Waals surface area contributed by atoms with Gasteiger partial charge in [-0.15, -0.1) is 0 Å². The van der Waals surface area contributed by atoms with Crippen LogP contribution in [-0.4, -0.2) is 20.6 Å². The Labute approximate surface area is 101 Å². The molecule has 2 rings (SSSR count). The molecule has 1 aromatic carbocycles. The molecule has 0 fully saturated rings. The smallest absolute Gasteiger partial charge is 0.305 e. The number of hydrogen-bond acceptors (Lipinski definition) is 3. The first-order chi connectivity index (χ1) is 8.09. The topological polar surface area (TPSA) is 72.2 Å². The van der Waals surface area contributed by atoms with Crippen molar-refractivity contribution in [2.45, 2.75) is 13.0 Å². The lowest BCUT2D eigenvalue weighted by molar-refractivity contribution is -0.137. The molecular formula is C11H9ClN2O3. The quantitative estimate of drug-likeness (QED) is 0.899. The summed E-state index contributed by atoms with van der Waals surface area (Å²) in [5.41, 5.74) is 0.157. The van der Waals surface area contributed by atoms with Crippen molar-refractivity contribution in [3.63, 3.8) is 0 Å². The number of para-hydroxylation sites is 1. The van der Waals surface area contributed by atoms with E-state index in [0.717, 1.165) is 0 Å². The Kier molecular flexibility index (Phi) is 3.10. The number of aliphatic carboxylic acids is 1. The van der Waals surface area contributed by atoms with Gasteiger partial charge in [-0.1, -0.05) is 17.7 Å². The van der Waals surface area contributed by atoms with Crippen LogP contribution in [0.15, 0.2) is 29.3 Å². The fourth-order valence-electron chi connectivity index (χ4n) is 1.53. The Balaban J connectivity index is 2.51. The van der Waals surface area contributed by atoms with E-state index in [4.69, 9.17) is 16.7 Å². The van der Waals surface area contributed by atoms with Crippen molar-refractivity contribution < 1.29 is 9.90 Å². The number of rotatable bonds is 3. The zero-order valence-corrected chi connectivity index (χ0v) is 9.52. The molecule has 88 valence electrons. The molecule has 0 atom stereocenters. The van der Waals surface area contributed by atoms with Crippen molar-refractivity contribution in [1.82, 2.24) is 9.55 Å². The number of carboxylic acid groups (broad SMARTS) is 1. The number of hydrogen-bond donors (Lipinski definition) is 1. The minimum absolute atomic E-state index is 0.101. The average molecular weight is 253 g/mol. The lowest BCUT2D eigenvalue weighted by atomic mass is 10.2. The average Bonchev–Trinajstić information content (AvgIpc) is 2.29. The van der Waals surface area contributed by atoms with E-state index in [9.17, 15) is 9.59 Å². The summed E-state index contributed by atoms with van der Waals surface area (Å²) in [4.78, 5) is 26.5. The lowest BCUT2D eigenvalue weighted by Gasteiger charge is -2.05. The van der Waals surface area contributed by atoms with Gasteiger partial charge in [-0.05, 0) is 12.1 Å². The summed E-state index contributed by atoms with van der Waals surface area (Å²) < 4.78 is 1.27. The molecule has 1 N–H and O–H groups in total. The predicted molar refractivity (Wildman–Crippen MR) is 63.3 cm³/mol. The molecule has 0 unspecified atom stereocenters. The van der Waals surface area contributed by atoms with Crippen LogP contribution < -0.4 is 5.56 Å². The summed E-state index contributed by atoms with van der Waals surface area (Å²) in [6, 6.07) is 4.93. The maximum atomic E-state index is 12.0. The summed E-state index contributed by atoms with van der Waals surface area (Å²) in [7, 11) is 0. The zero-order chi connectivity index (χ0) is 12.4. The summed E-state index contributed by atoms with van der Waals surface area (Å²) in [6.45, 7) is 0.101. The van der Waals surface area contributed by atoms with E-state index in [1.807, 2.05) is 0 Å². The molecule has 17 heavy (non-hydrogen) atoms. The minimum Gasteiger partial charge on any atom is -0.481 e. The number of fused-ring (bicyclic) bond motifs is 1. The zero-order valence-electron chi connectivity index (χ0n) is 8.76. The highest BCUT2D eigenvalue weighted by atomic mass is 35.5. The van der Waals surface area contributed by atoms with Gasteiger partial charge in [-0.25, -0.2) is 4.98 Å². The van der Waals surface area contributed by atoms with Gasteiger partial charge in [0, 0.05) is 6.54 Å². The number of aryl methyl sites for hydroxylation is 1. The van der Waals surface area contributed by atoms with Crippen molar-refractivity contribution in [2.75, 3.05) is 0 Å². The maximum Gasteiger partial charge on any atom is 0.305 e. The molecule has 0 saturated heterocycles. The number of carbonyl (C=O) groups is 1. The highest BCUT2D eigenvalue weighted by molar-refractivity contribution is 6.34. The fraction of sp³-hybridized carbons (Fsp3) is 0.182. The Bertz CT molecular complexity index is 636. The van der Waals surface area contributed by atoms with Crippen LogP contribution in [0.5, 0.6) is 0 Å². The molecule has 0 saturated carbocycles. The maximum absolute atomic E-state index is 12.0. The molecule has 0 aliphatic rings. The molecule has 1 aromatic heterocycles. The number of benzene rings is 1. The first-order valence-electron chi connectivity index (χ1n) is 4.95. The predicted octanol–water partition coefficient (Wildman–Crippen LogP) is 1.52. The van der Waals surface area contributed by atoms with Crippen LogP contribution in [0.3, 0.4) is 0 Å². The molecule has 5 nitrogen and oxygen atoms in total. The molecule has 6 heteroatoms. The Morgan fingerprint density at radius 2 is 2.24 bits per heavy atom. The highest BCUT2D eigenvalue weighted by Crippen LogP contribution is 2.17. The molecule has 0 radical (unpaired) electrons. The van der Waals surface area contributed by atoms with Crippen molar-refractivity contribution in [3.05, 3.63) is 39.9 Å². The van der Waals surface area contributed by atoms with Gasteiger partial charge in [0.1, 0.15) is 0 Å². The third-order valence-corrected chi connectivity index (χ3v) is 2.68. The normalized spacial score (nSPS) is 10.6. The first-order valence-corrected chi connectivity index (χ1v) is 5.33. The molecule has 1 heterocycles. The SMILES string of the molecule is O=C(O)CCn1cnc2c(Cl)cccc2c1=O. The van der Waals surface area contributed by atoms with Crippen LogP contribution in [0.2, 0.25) is 5.02 Å². The molecule has 0 bridgehead atoms. The number of nitrogens with zero attached hydrogens (tertiary/aromatic N) is 2. The number of aromatic nitrogens is 2. The second-order valence-electron chi connectivity index (χ2n) is 3.52. The monoisotopic (exact) mass is 252 g/mol. The molecule has 0 aliphatic heterocycles. The minimum atomic E-state index is -0.955. The lowest BCUT2D eigenvalue weighted by Crippen LogP contribution is -2.22. The van der Waals surface area contributed by atoms with Gasteiger partial charge in [-0.3, -0.25) is 14.2 Å². The van der Waals surface area contributed by atoms with E-state index in [2.05, 4.69) is 4.98 Å². The van der Waals surface area contributed by atoms with Gasteiger partial charge < -0.3 is 5.11 Å². The van der Waals surface area contributed by atoms with E-state index in [1.54, 1.807) is 18.2 Å². The van der Waals surface area contributed by atoms with Gasteiger partial charge in [0.15, 0.2) is 0 Å². The fourth-order valence-corrected chi connectivity index (χ4v) is 1.75. The van der Waals surface area contributed by atoms with Crippen LogP contribution in [-0.2, 0) is 11.3 Å². The summed E-state index contributed by atoms with van der Waals surface area (Å²) in [6.07, 6.45) is 1.20. The van der Waals surface area contributed by atoms with E-state index in [-0.39, 0.29) is 18.5 Å². The van der Waals surface area contributed by atoms with Crippen molar-refractivity contribution >= 4 is 28.5 Å². The van der Waals surface area contributed by atoms with E-state index >= 15 is 0 Å². The molecule has 0 aliphatic carbocycles. The van der Waals surface area contributed by atoms with Crippen LogP contribution >= 0.6 is 11.6 Å². The van der Waals surface area contributed by atoms with Gasteiger partial charge in [-0.2, -0.15) is 0 Å². The third kappa shape index (κ3) is 2.29. The van der Waals surface area contributed by atoms with Crippen molar-refractivity contribution in [3.8, 4) is 0 Å². The standard InChI is InChI=1S/C11H9ClN2O3/c12-8-3-1-2-7-10(8)13-6-14(11(7)17)5-4-9(15)16/h1-3,6H,4-5H2,(H,15,16). The van der Waals surface area contributed by atoms with Crippen LogP contribution in [0.1, 0.15) is 6.42 Å². The van der Waals surface area contributed by atoms with Crippen LogP contribution in [0.25, 0.3) is 10.9 Å².